The van der Waals surface area contributed by atoms with Gasteiger partial charge in [-0.2, -0.15) is 4.98 Å². The van der Waals surface area contributed by atoms with Crippen LogP contribution in [-0.2, 0) is 0 Å². The third-order valence-electron chi connectivity index (χ3n) is 3.52. The monoisotopic (exact) mass is 364 g/mol. The number of aromatic nitrogens is 2. The van der Waals surface area contributed by atoms with Crippen molar-refractivity contribution in [1.29, 1.82) is 0 Å². The van der Waals surface area contributed by atoms with Crippen molar-refractivity contribution < 1.29 is 4.52 Å². The van der Waals surface area contributed by atoms with Crippen molar-refractivity contribution in [2.24, 2.45) is 0 Å². The quantitative estimate of drug-likeness (QED) is 0.756. The van der Waals surface area contributed by atoms with Crippen LogP contribution in [0, 0.1) is 0 Å². The largest absolute Gasteiger partial charge is 0.336 e. The molecule has 0 saturated carbocycles. The molecule has 0 atom stereocenters. The van der Waals surface area contributed by atoms with E-state index in [0.29, 0.717) is 11.8 Å². The Morgan fingerprint density at radius 3 is 2.95 bits per heavy atom. The van der Waals surface area contributed by atoms with Gasteiger partial charge in [0.1, 0.15) is 0 Å². The molecule has 0 aliphatic carbocycles. The summed E-state index contributed by atoms with van der Waals surface area (Å²) in [5.41, 5.74) is 0. The van der Waals surface area contributed by atoms with Gasteiger partial charge in [-0.3, -0.25) is 0 Å². The van der Waals surface area contributed by atoms with Crippen molar-refractivity contribution in [1.82, 2.24) is 15.5 Å². The predicted octanol–water partition coefficient (Wildman–Crippen LogP) is 3.12. The molecule has 0 bridgehead atoms. The van der Waals surface area contributed by atoms with Crippen LogP contribution in [0.25, 0.3) is 20.9 Å². The van der Waals surface area contributed by atoms with E-state index in [1.54, 1.807) is 11.3 Å². The molecule has 2 aromatic heterocycles. The zero-order chi connectivity index (χ0) is 14.2. The molecule has 0 amide bonds. The lowest BCUT2D eigenvalue weighted by Crippen LogP contribution is -2.44. The number of rotatable bonds is 2. The summed E-state index contributed by atoms with van der Waals surface area (Å²) in [5.74, 6) is 1.28. The summed E-state index contributed by atoms with van der Waals surface area (Å²) in [6, 6.07) is 8.26. The Labute approximate surface area is 134 Å². The first-order valence-electron chi connectivity index (χ1n) is 6.79. The lowest BCUT2D eigenvalue weighted by atomic mass is 10.2. The van der Waals surface area contributed by atoms with E-state index >= 15 is 0 Å². The second-order valence-corrected chi connectivity index (χ2v) is 6.81. The summed E-state index contributed by atoms with van der Waals surface area (Å²) in [6.45, 7) is 3.74. The van der Waals surface area contributed by atoms with Crippen LogP contribution in [0.1, 0.15) is 0 Å². The molecule has 3 aromatic rings. The van der Waals surface area contributed by atoms with Gasteiger partial charge in [0.05, 0.1) is 4.88 Å². The van der Waals surface area contributed by atoms with Crippen LogP contribution >= 0.6 is 27.3 Å². The second kappa shape index (κ2) is 5.40. The van der Waals surface area contributed by atoms with Crippen LogP contribution in [0.15, 0.2) is 33.3 Å². The Bertz CT molecular complexity index is 778. The maximum Gasteiger partial charge on any atom is 0.269 e. The molecule has 3 heterocycles. The molecule has 108 valence electrons. The van der Waals surface area contributed by atoms with E-state index in [4.69, 9.17) is 4.52 Å². The van der Waals surface area contributed by atoms with E-state index in [2.05, 4.69) is 48.4 Å². The van der Waals surface area contributed by atoms with Gasteiger partial charge < -0.3 is 14.7 Å². The SMILES string of the molecule is Brc1cccc2cc(-c3nc(N4CCNCC4)no3)sc12. The zero-order valence-corrected chi connectivity index (χ0v) is 13.6. The van der Waals surface area contributed by atoms with Crippen molar-refractivity contribution >= 4 is 43.3 Å². The summed E-state index contributed by atoms with van der Waals surface area (Å²) in [5, 5.41) is 8.62. The fraction of sp³-hybridized carbons (Fsp3) is 0.286. The van der Waals surface area contributed by atoms with Crippen molar-refractivity contribution in [3.63, 3.8) is 0 Å². The fourth-order valence-electron chi connectivity index (χ4n) is 2.44. The molecule has 1 N–H and O–H groups in total. The number of nitrogens with one attached hydrogen (secondary N) is 1. The van der Waals surface area contributed by atoms with Crippen molar-refractivity contribution in [3.8, 4) is 10.8 Å². The van der Waals surface area contributed by atoms with Crippen LogP contribution in [0.5, 0.6) is 0 Å². The maximum atomic E-state index is 5.45. The van der Waals surface area contributed by atoms with E-state index < -0.39 is 0 Å². The Balaban J connectivity index is 1.68. The smallest absolute Gasteiger partial charge is 0.269 e. The van der Waals surface area contributed by atoms with Gasteiger partial charge in [0, 0.05) is 35.4 Å². The van der Waals surface area contributed by atoms with E-state index in [1.165, 1.54) is 10.1 Å². The third-order valence-corrected chi connectivity index (χ3v) is 5.62. The van der Waals surface area contributed by atoms with Gasteiger partial charge in [0.15, 0.2) is 0 Å². The topological polar surface area (TPSA) is 54.2 Å². The molecule has 1 fully saturated rings. The highest BCUT2D eigenvalue weighted by atomic mass is 79.9. The average Bonchev–Trinajstić information content (AvgIpc) is 3.15. The van der Waals surface area contributed by atoms with Crippen LogP contribution < -0.4 is 10.2 Å². The standard InChI is InChI=1S/C14H13BrN4OS/c15-10-3-1-2-9-8-11(21-12(9)10)13-17-14(18-20-13)19-6-4-16-5-7-19/h1-3,8,16H,4-7H2. The summed E-state index contributed by atoms with van der Waals surface area (Å²) >= 11 is 5.24. The lowest BCUT2D eigenvalue weighted by Gasteiger charge is -2.25. The number of fused-ring (bicyclic) bond motifs is 1. The molecule has 1 aliphatic rings. The van der Waals surface area contributed by atoms with Gasteiger partial charge in [-0.15, -0.1) is 11.3 Å². The van der Waals surface area contributed by atoms with Gasteiger partial charge in [0.2, 0.25) is 0 Å². The summed E-state index contributed by atoms with van der Waals surface area (Å²) < 4.78 is 7.74. The molecular weight excluding hydrogens is 352 g/mol. The molecular formula is C14H13BrN4OS. The molecule has 1 aliphatic heterocycles. The van der Waals surface area contributed by atoms with Crippen LogP contribution in [0.2, 0.25) is 0 Å². The third kappa shape index (κ3) is 2.45. The fourth-order valence-corrected chi connectivity index (χ4v) is 4.05. The molecule has 4 rings (SSSR count). The second-order valence-electron chi connectivity index (χ2n) is 4.91. The minimum absolute atomic E-state index is 0.594. The molecule has 5 nitrogen and oxygen atoms in total. The van der Waals surface area contributed by atoms with Crippen molar-refractivity contribution in [2.45, 2.75) is 0 Å². The number of hydrogen-bond acceptors (Lipinski definition) is 6. The van der Waals surface area contributed by atoms with Gasteiger partial charge >= 0.3 is 0 Å². The number of halogens is 1. The van der Waals surface area contributed by atoms with E-state index in [9.17, 15) is 0 Å². The minimum Gasteiger partial charge on any atom is -0.336 e. The van der Waals surface area contributed by atoms with E-state index in [0.717, 1.165) is 35.5 Å². The maximum absolute atomic E-state index is 5.45. The van der Waals surface area contributed by atoms with Crippen molar-refractivity contribution in [2.75, 3.05) is 31.1 Å². The van der Waals surface area contributed by atoms with Gasteiger partial charge in [-0.25, -0.2) is 0 Å². The normalized spacial score (nSPS) is 15.8. The van der Waals surface area contributed by atoms with E-state index in [-0.39, 0.29) is 0 Å². The van der Waals surface area contributed by atoms with Gasteiger partial charge in [-0.1, -0.05) is 12.1 Å². The lowest BCUT2D eigenvalue weighted by molar-refractivity contribution is 0.428. The Kier molecular flexibility index (Phi) is 3.40. The van der Waals surface area contributed by atoms with Gasteiger partial charge in [-0.05, 0) is 38.6 Å². The van der Waals surface area contributed by atoms with Crippen molar-refractivity contribution in [3.05, 3.63) is 28.7 Å². The molecule has 0 radical (unpaired) electrons. The molecule has 0 spiro atoms. The van der Waals surface area contributed by atoms with E-state index in [1.807, 2.05) is 12.1 Å². The zero-order valence-electron chi connectivity index (χ0n) is 11.2. The number of thiophene rings is 1. The van der Waals surface area contributed by atoms with Gasteiger partial charge in [0.25, 0.3) is 11.8 Å². The highest BCUT2D eigenvalue weighted by Crippen LogP contribution is 2.37. The first kappa shape index (κ1) is 13.2. The predicted molar refractivity (Wildman–Crippen MR) is 87.9 cm³/mol. The summed E-state index contributed by atoms with van der Waals surface area (Å²) in [4.78, 5) is 7.70. The summed E-state index contributed by atoms with van der Waals surface area (Å²) in [7, 11) is 0. The minimum atomic E-state index is 0.594. The number of anilines is 1. The highest BCUT2D eigenvalue weighted by Gasteiger charge is 2.18. The Hall–Kier alpha value is -1.44. The molecule has 1 aromatic carbocycles. The highest BCUT2D eigenvalue weighted by molar-refractivity contribution is 9.10. The first-order chi connectivity index (χ1) is 10.3. The number of benzene rings is 1. The first-order valence-corrected chi connectivity index (χ1v) is 8.40. The number of hydrogen-bond donors (Lipinski definition) is 1. The average molecular weight is 365 g/mol. The van der Waals surface area contributed by atoms with Crippen LogP contribution in [0.3, 0.4) is 0 Å². The number of nitrogens with zero attached hydrogens (tertiary/aromatic N) is 3. The Morgan fingerprint density at radius 2 is 2.14 bits per heavy atom. The molecule has 0 unspecified atom stereocenters. The Morgan fingerprint density at radius 1 is 1.29 bits per heavy atom. The van der Waals surface area contributed by atoms with Crippen LogP contribution in [0.4, 0.5) is 5.95 Å². The number of piperazine rings is 1. The summed E-state index contributed by atoms with van der Waals surface area (Å²) in [6.07, 6.45) is 0. The van der Waals surface area contributed by atoms with Crippen LogP contribution in [-0.4, -0.2) is 36.3 Å². The molecule has 1 saturated heterocycles. The molecule has 7 heteroatoms. The molecule has 21 heavy (non-hydrogen) atoms.